The smallest absolute Gasteiger partial charge is 0.270 e. The molecule has 1 aliphatic heterocycles. The molecule has 2 heterocycles. The third kappa shape index (κ3) is 3.71. The second kappa shape index (κ2) is 7.37. The number of thiazole rings is 1. The predicted molar refractivity (Wildman–Crippen MR) is 105 cm³/mol. The molecular formula is C19H15N3O5S. The number of nitrogens with zero attached hydrogens (tertiary/aromatic N) is 2. The molecule has 0 saturated carbocycles. The highest BCUT2D eigenvalue weighted by atomic mass is 32.1. The van der Waals surface area contributed by atoms with Crippen LogP contribution in [0, 0.1) is 17.0 Å². The van der Waals surface area contributed by atoms with Crippen molar-refractivity contribution in [3.05, 3.63) is 62.7 Å². The van der Waals surface area contributed by atoms with E-state index < -0.39 is 4.92 Å². The lowest BCUT2D eigenvalue weighted by Gasteiger charge is -2.19. The minimum Gasteiger partial charge on any atom is -0.467 e. The van der Waals surface area contributed by atoms with Crippen molar-refractivity contribution in [2.24, 2.45) is 0 Å². The maximum absolute atomic E-state index is 12.3. The summed E-state index contributed by atoms with van der Waals surface area (Å²) in [5, 5.41) is 14.9. The van der Waals surface area contributed by atoms with Crippen molar-refractivity contribution in [1.29, 1.82) is 0 Å². The first kappa shape index (κ1) is 18.1. The average molecular weight is 397 g/mol. The topological polar surface area (TPSA) is 104 Å². The number of hydrogen-bond donors (Lipinski definition) is 1. The molecule has 28 heavy (non-hydrogen) atoms. The Bertz CT molecular complexity index is 1120. The highest BCUT2D eigenvalue weighted by molar-refractivity contribution is 7.18. The predicted octanol–water partition coefficient (Wildman–Crippen LogP) is 4.03. The minimum atomic E-state index is -0.488. The molecule has 0 spiro atoms. The zero-order valence-corrected chi connectivity index (χ0v) is 15.6. The Hall–Kier alpha value is -3.30. The first-order valence-electron chi connectivity index (χ1n) is 8.38. The zero-order valence-electron chi connectivity index (χ0n) is 14.8. The summed E-state index contributed by atoms with van der Waals surface area (Å²) in [7, 11) is 0. The number of nitrogens with one attached hydrogen (secondary N) is 1. The fourth-order valence-electron chi connectivity index (χ4n) is 2.93. The molecule has 0 unspecified atom stereocenters. The van der Waals surface area contributed by atoms with E-state index in [2.05, 4.69) is 10.3 Å². The molecule has 3 aromatic rings. The van der Waals surface area contributed by atoms with Gasteiger partial charge in [-0.15, -0.1) is 11.3 Å². The Balaban J connectivity index is 1.56. The van der Waals surface area contributed by atoms with E-state index in [0.717, 1.165) is 15.2 Å². The van der Waals surface area contributed by atoms with E-state index in [9.17, 15) is 14.9 Å². The number of aromatic nitrogens is 1. The molecular weight excluding hydrogens is 382 g/mol. The molecule has 1 aromatic heterocycles. The third-order valence-electron chi connectivity index (χ3n) is 4.11. The number of aryl methyl sites for hydroxylation is 1. The van der Waals surface area contributed by atoms with Crippen LogP contribution in [0.4, 0.5) is 11.4 Å². The number of nitro groups is 1. The van der Waals surface area contributed by atoms with Crippen LogP contribution >= 0.6 is 11.3 Å². The van der Waals surface area contributed by atoms with Gasteiger partial charge in [-0.1, -0.05) is 0 Å². The summed E-state index contributed by atoms with van der Waals surface area (Å²) in [5.74, 6) is 0.135. The number of nitro benzene ring substituents is 1. The van der Waals surface area contributed by atoms with Gasteiger partial charge in [0.1, 0.15) is 5.75 Å². The minimum absolute atomic E-state index is 0.0616. The fourth-order valence-corrected chi connectivity index (χ4v) is 3.79. The summed E-state index contributed by atoms with van der Waals surface area (Å²) >= 11 is 1.55. The zero-order chi connectivity index (χ0) is 19.7. The molecule has 142 valence electrons. The van der Waals surface area contributed by atoms with E-state index in [1.807, 2.05) is 19.1 Å². The molecule has 1 N–H and O–H groups in total. The number of carbonyl (C=O) groups is 1. The van der Waals surface area contributed by atoms with Crippen molar-refractivity contribution < 1.29 is 19.2 Å². The number of carbonyl (C=O) groups excluding carboxylic acids is 1. The number of non-ortho nitro benzene ring substituents is 1. The number of rotatable bonds is 4. The van der Waals surface area contributed by atoms with Crippen LogP contribution in [0.2, 0.25) is 0 Å². The van der Waals surface area contributed by atoms with Gasteiger partial charge >= 0.3 is 0 Å². The summed E-state index contributed by atoms with van der Waals surface area (Å²) in [6.07, 6.45) is 2.82. The van der Waals surface area contributed by atoms with Gasteiger partial charge in [0.25, 0.3) is 5.69 Å². The highest BCUT2D eigenvalue weighted by Gasteiger charge is 2.19. The maximum atomic E-state index is 12.3. The van der Waals surface area contributed by atoms with Gasteiger partial charge in [-0.05, 0) is 31.2 Å². The van der Waals surface area contributed by atoms with Crippen LogP contribution < -0.4 is 10.1 Å². The lowest BCUT2D eigenvalue weighted by molar-refractivity contribution is -0.385. The second-order valence-electron chi connectivity index (χ2n) is 6.13. The van der Waals surface area contributed by atoms with Gasteiger partial charge in [0.15, 0.2) is 6.79 Å². The van der Waals surface area contributed by atoms with E-state index in [4.69, 9.17) is 9.47 Å². The average Bonchev–Trinajstić information content (AvgIpc) is 3.05. The van der Waals surface area contributed by atoms with Crippen LogP contribution in [0.3, 0.4) is 0 Å². The Morgan fingerprint density at radius 3 is 3.04 bits per heavy atom. The molecule has 9 heteroatoms. The normalized spacial score (nSPS) is 13.3. The van der Waals surface area contributed by atoms with Crippen molar-refractivity contribution in [2.75, 3.05) is 12.1 Å². The monoisotopic (exact) mass is 397 g/mol. The molecule has 0 radical (unpaired) electrons. The molecule has 2 aromatic carbocycles. The second-order valence-corrected chi connectivity index (χ2v) is 7.36. The van der Waals surface area contributed by atoms with Crippen LogP contribution in [0.15, 0.2) is 36.4 Å². The van der Waals surface area contributed by atoms with E-state index in [0.29, 0.717) is 22.6 Å². The number of ether oxygens (including phenoxy) is 2. The molecule has 0 saturated heterocycles. The number of anilines is 1. The van der Waals surface area contributed by atoms with Crippen molar-refractivity contribution in [1.82, 2.24) is 4.98 Å². The van der Waals surface area contributed by atoms with Crippen LogP contribution in [-0.4, -0.2) is 22.6 Å². The van der Waals surface area contributed by atoms with E-state index in [1.54, 1.807) is 17.4 Å². The SMILES string of the molecule is Cc1nc2ccc(NC(=O)/C=C/c3cc([N+](=O)[O-])cc4c3OCOC4)cc2s1. The van der Waals surface area contributed by atoms with Gasteiger partial charge in [-0.2, -0.15) is 0 Å². The fraction of sp³-hybridized carbons (Fsp3) is 0.158. The molecule has 0 aliphatic carbocycles. The molecule has 8 nitrogen and oxygen atoms in total. The summed E-state index contributed by atoms with van der Waals surface area (Å²) in [5.41, 5.74) is 2.48. The number of benzene rings is 2. The Labute approximate surface area is 163 Å². The van der Waals surface area contributed by atoms with Gasteiger partial charge in [-0.3, -0.25) is 14.9 Å². The summed E-state index contributed by atoms with van der Waals surface area (Å²) < 4.78 is 11.6. The Kier molecular flexibility index (Phi) is 4.76. The number of amides is 1. The van der Waals surface area contributed by atoms with Crippen molar-refractivity contribution >= 4 is 44.9 Å². The van der Waals surface area contributed by atoms with Crippen LogP contribution in [0.1, 0.15) is 16.1 Å². The molecule has 0 fully saturated rings. The quantitative estimate of drug-likeness (QED) is 0.405. The van der Waals surface area contributed by atoms with Crippen LogP contribution in [0.25, 0.3) is 16.3 Å². The van der Waals surface area contributed by atoms with Gasteiger partial charge in [0.05, 0.1) is 26.8 Å². The van der Waals surface area contributed by atoms with Gasteiger partial charge in [0, 0.05) is 35.0 Å². The van der Waals surface area contributed by atoms with E-state index in [1.165, 1.54) is 24.3 Å². The standard InChI is InChI=1S/C19H15N3O5S/c1-11-20-16-4-3-14(8-17(16)28-11)21-18(23)5-2-12-6-15(22(24)25)7-13-9-26-10-27-19(12)13/h2-8H,9-10H2,1H3,(H,21,23)/b5-2+. The van der Waals surface area contributed by atoms with Crippen molar-refractivity contribution in [2.45, 2.75) is 13.5 Å². The number of fused-ring (bicyclic) bond motifs is 2. The molecule has 1 aliphatic rings. The molecule has 0 bridgehead atoms. The van der Waals surface area contributed by atoms with Crippen LogP contribution in [-0.2, 0) is 16.1 Å². The first-order chi connectivity index (χ1) is 13.5. The van der Waals surface area contributed by atoms with Crippen LogP contribution in [0.5, 0.6) is 5.75 Å². The van der Waals surface area contributed by atoms with Crippen molar-refractivity contribution in [3.63, 3.8) is 0 Å². The van der Waals surface area contributed by atoms with E-state index in [-0.39, 0.29) is 25.0 Å². The summed E-state index contributed by atoms with van der Waals surface area (Å²) in [4.78, 5) is 27.3. The number of hydrogen-bond acceptors (Lipinski definition) is 7. The summed E-state index contributed by atoms with van der Waals surface area (Å²) in [6, 6.07) is 8.28. The Morgan fingerprint density at radius 2 is 2.21 bits per heavy atom. The molecule has 4 rings (SSSR count). The van der Waals surface area contributed by atoms with Crippen molar-refractivity contribution in [3.8, 4) is 5.75 Å². The largest absolute Gasteiger partial charge is 0.467 e. The van der Waals surface area contributed by atoms with E-state index >= 15 is 0 Å². The lowest BCUT2D eigenvalue weighted by atomic mass is 10.1. The highest BCUT2D eigenvalue weighted by Crippen LogP contribution is 2.33. The third-order valence-corrected chi connectivity index (χ3v) is 5.05. The lowest BCUT2D eigenvalue weighted by Crippen LogP contribution is -2.13. The first-order valence-corrected chi connectivity index (χ1v) is 9.19. The van der Waals surface area contributed by atoms with Gasteiger partial charge in [0.2, 0.25) is 5.91 Å². The maximum Gasteiger partial charge on any atom is 0.270 e. The molecule has 0 atom stereocenters. The Morgan fingerprint density at radius 1 is 1.36 bits per heavy atom. The summed E-state index contributed by atoms with van der Waals surface area (Å²) in [6.45, 7) is 2.21. The molecule has 1 amide bonds. The van der Waals surface area contributed by atoms with Gasteiger partial charge in [-0.25, -0.2) is 4.98 Å². The van der Waals surface area contributed by atoms with Gasteiger partial charge < -0.3 is 14.8 Å².